The molecule has 3 N–H and O–H groups in total. The van der Waals surface area contributed by atoms with Crippen molar-refractivity contribution in [1.29, 1.82) is 5.26 Å². The summed E-state index contributed by atoms with van der Waals surface area (Å²) in [5, 5.41) is 18.6. The van der Waals surface area contributed by atoms with E-state index in [-0.39, 0.29) is 23.9 Å². The van der Waals surface area contributed by atoms with Crippen LogP contribution in [0.4, 0.5) is 17.3 Å². The molecule has 0 unspecified atom stereocenters. The van der Waals surface area contributed by atoms with Crippen molar-refractivity contribution >= 4 is 29.1 Å². The molecule has 2 aliphatic rings. The second kappa shape index (κ2) is 10.5. The Kier molecular flexibility index (Phi) is 7.26. The molecule has 178 valence electrons. The molecular formula is C25H31N7O2. The molecule has 2 amide bonds. The van der Waals surface area contributed by atoms with Crippen LogP contribution in [-0.4, -0.2) is 51.9 Å². The van der Waals surface area contributed by atoms with Crippen LogP contribution < -0.4 is 16.0 Å². The number of anilines is 3. The lowest BCUT2D eigenvalue weighted by Crippen LogP contribution is -2.44. The molecule has 2 heterocycles. The summed E-state index contributed by atoms with van der Waals surface area (Å²) in [7, 11) is 1.85. The Morgan fingerprint density at radius 2 is 1.76 bits per heavy atom. The number of pyridine rings is 2. The first kappa shape index (κ1) is 23.5. The standard InChI is InChI=1S/C25H31N7O2/c1-16(33)29-19-7-9-20(10-8-19)32(2)25(34)21-15-28-24(12-22(21)30-18-4-3-5-18)31-23-11-6-17(13-26)14-27-23/h6,11-12,14-15,18-20H,3-5,7-10H2,1-2H3,(H,29,33)(H2,27,28,30,31). The summed E-state index contributed by atoms with van der Waals surface area (Å²) in [6.07, 6.45) is 9.92. The number of hydrogen-bond donors (Lipinski definition) is 3. The Labute approximate surface area is 200 Å². The van der Waals surface area contributed by atoms with E-state index >= 15 is 0 Å². The number of nitrogens with one attached hydrogen (secondary N) is 3. The average molecular weight is 462 g/mol. The summed E-state index contributed by atoms with van der Waals surface area (Å²) in [6, 6.07) is 8.00. The van der Waals surface area contributed by atoms with Crippen LogP contribution in [0.25, 0.3) is 0 Å². The monoisotopic (exact) mass is 461 g/mol. The van der Waals surface area contributed by atoms with Gasteiger partial charge in [-0.2, -0.15) is 5.26 Å². The van der Waals surface area contributed by atoms with E-state index in [0.717, 1.165) is 44.2 Å². The van der Waals surface area contributed by atoms with Crippen molar-refractivity contribution in [3.05, 3.63) is 41.7 Å². The van der Waals surface area contributed by atoms with Gasteiger partial charge in [0.15, 0.2) is 0 Å². The Bertz CT molecular complexity index is 1070. The Morgan fingerprint density at radius 1 is 1.03 bits per heavy atom. The second-order valence-electron chi connectivity index (χ2n) is 9.18. The van der Waals surface area contributed by atoms with E-state index < -0.39 is 0 Å². The summed E-state index contributed by atoms with van der Waals surface area (Å²) >= 11 is 0. The third kappa shape index (κ3) is 5.63. The third-order valence-electron chi connectivity index (χ3n) is 6.72. The molecule has 0 radical (unpaired) electrons. The Morgan fingerprint density at radius 3 is 2.35 bits per heavy atom. The van der Waals surface area contributed by atoms with Crippen LogP contribution in [-0.2, 0) is 4.79 Å². The summed E-state index contributed by atoms with van der Waals surface area (Å²) in [5.41, 5.74) is 1.80. The van der Waals surface area contributed by atoms with Gasteiger partial charge >= 0.3 is 0 Å². The Hall–Kier alpha value is -3.67. The molecule has 9 heteroatoms. The van der Waals surface area contributed by atoms with Gasteiger partial charge in [-0.05, 0) is 57.1 Å². The first-order valence-corrected chi connectivity index (χ1v) is 11.9. The number of aromatic nitrogens is 2. The maximum Gasteiger partial charge on any atom is 0.257 e. The lowest BCUT2D eigenvalue weighted by molar-refractivity contribution is -0.119. The maximum atomic E-state index is 13.5. The molecule has 0 aliphatic heterocycles. The molecule has 9 nitrogen and oxygen atoms in total. The summed E-state index contributed by atoms with van der Waals surface area (Å²) in [6.45, 7) is 1.54. The molecule has 2 saturated carbocycles. The van der Waals surface area contributed by atoms with Gasteiger partial charge in [0, 0.05) is 50.6 Å². The number of nitriles is 1. The molecule has 0 aromatic carbocycles. The lowest BCUT2D eigenvalue weighted by atomic mass is 9.90. The van der Waals surface area contributed by atoms with Gasteiger partial charge in [-0.25, -0.2) is 9.97 Å². The molecule has 0 saturated heterocycles. The molecule has 2 fully saturated rings. The van der Waals surface area contributed by atoms with Crippen LogP contribution in [0.1, 0.15) is 67.8 Å². The molecule has 34 heavy (non-hydrogen) atoms. The van der Waals surface area contributed by atoms with E-state index in [4.69, 9.17) is 5.26 Å². The lowest BCUT2D eigenvalue weighted by Gasteiger charge is -2.35. The number of amides is 2. The minimum atomic E-state index is -0.0552. The highest BCUT2D eigenvalue weighted by molar-refractivity contribution is 6.00. The predicted octanol–water partition coefficient (Wildman–Crippen LogP) is 3.58. The quantitative estimate of drug-likeness (QED) is 0.576. The van der Waals surface area contributed by atoms with Gasteiger partial charge in [-0.15, -0.1) is 0 Å². The number of carbonyl (C=O) groups excluding carboxylic acids is 2. The zero-order chi connectivity index (χ0) is 24.1. The molecule has 2 aliphatic carbocycles. The van der Waals surface area contributed by atoms with Gasteiger partial charge in [0.2, 0.25) is 5.91 Å². The van der Waals surface area contributed by atoms with E-state index in [9.17, 15) is 9.59 Å². The number of hydrogen-bond acceptors (Lipinski definition) is 7. The van der Waals surface area contributed by atoms with Crippen LogP contribution in [0.5, 0.6) is 0 Å². The third-order valence-corrected chi connectivity index (χ3v) is 6.72. The highest BCUT2D eigenvalue weighted by atomic mass is 16.2. The number of rotatable bonds is 7. The molecular weight excluding hydrogens is 430 g/mol. The summed E-state index contributed by atoms with van der Waals surface area (Å²) in [5.74, 6) is 1.10. The van der Waals surface area contributed by atoms with E-state index in [1.165, 1.54) is 12.6 Å². The van der Waals surface area contributed by atoms with Gasteiger partial charge in [-0.3, -0.25) is 9.59 Å². The predicted molar refractivity (Wildman–Crippen MR) is 130 cm³/mol. The van der Waals surface area contributed by atoms with E-state index in [0.29, 0.717) is 28.8 Å². The average Bonchev–Trinajstić information content (AvgIpc) is 2.81. The minimum absolute atomic E-state index is 0.00410. The fraction of sp³-hybridized carbons (Fsp3) is 0.480. The van der Waals surface area contributed by atoms with E-state index in [1.54, 1.807) is 25.3 Å². The van der Waals surface area contributed by atoms with Crippen molar-refractivity contribution in [2.75, 3.05) is 17.7 Å². The van der Waals surface area contributed by atoms with Crippen molar-refractivity contribution < 1.29 is 9.59 Å². The van der Waals surface area contributed by atoms with Gasteiger partial charge < -0.3 is 20.9 Å². The normalized spacial score (nSPS) is 19.9. The first-order chi connectivity index (χ1) is 16.4. The number of carbonyl (C=O) groups is 2. The van der Waals surface area contributed by atoms with Crippen LogP contribution in [0.3, 0.4) is 0 Å². The molecule has 0 bridgehead atoms. The maximum absolute atomic E-state index is 13.5. The first-order valence-electron chi connectivity index (χ1n) is 11.9. The van der Waals surface area contributed by atoms with Gasteiger partial charge in [0.05, 0.1) is 16.8 Å². The van der Waals surface area contributed by atoms with Crippen LogP contribution in [0.15, 0.2) is 30.6 Å². The van der Waals surface area contributed by atoms with Crippen molar-refractivity contribution in [2.45, 2.75) is 70.0 Å². The van der Waals surface area contributed by atoms with E-state index in [1.807, 2.05) is 18.0 Å². The van der Waals surface area contributed by atoms with Crippen LogP contribution in [0, 0.1) is 11.3 Å². The SMILES string of the molecule is CC(=O)NC1CCC(N(C)C(=O)c2cnc(Nc3ccc(C#N)cn3)cc2NC2CCC2)CC1. The summed E-state index contributed by atoms with van der Waals surface area (Å²) in [4.78, 5) is 35.3. The van der Waals surface area contributed by atoms with E-state index in [2.05, 4.69) is 32.0 Å². The smallest absolute Gasteiger partial charge is 0.257 e. The largest absolute Gasteiger partial charge is 0.382 e. The van der Waals surface area contributed by atoms with Crippen molar-refractivity contribution in [1.82, 2.24) is 20.2 Å². The topological polar surface area (TPSA) is 123 Å². The molecule has 2 aromatic heterocycles. The molecule has 4 rings (SSSR count). The fourth-order valence-corrected chi connectivity index (χ4v) is 4.50. The molecule has 0 spiro atoms. The Balaban J connectivity index is 1.48. The fourth-order valence-electron chi connectivity index (χ4n) is 4.50. The second-order valence-corrected chi connectivity index (χ2v) is 9.18. The van der Waals surface area contributed by atoms with Crippen molar-refractivity contribution in [3.63, 3.8) is 0 Å². The molecule has 2 aromatic rings. The van der Waals surface area contributed by atoms with Gasteiger partial charge in [0.1, 0.15) is 17.7 Å². The van der Waals surface area contributed by atoms with Gasteiger partial charge in [-0.1, -0.05) is 0 Å². The van der Waals surface area contributed by atoms with Crippen LogP contribution in [0.2, 0.25) is 0 Å². The van der Waals surface area contributed by atoms with Crippen molar-refractivity contribution in [3.8, 4) is 6.07 Å². The van der Waals surface area contributed by atoms with Crippen LogP contribution >= 0.6 is 0 Å². The van der Waals surface area contributed by atoms with Crippen molar-refractivity contribution in [2.24, 2.45) is 0 Å². The highest BCUT2D eigenvalue weighted by Gasteiger charge is 2.29. The summed E-state index contributed by atoms with van der Waals surface area (Å²) < 4.78 is 0. The molecule has 0 atom stereocenters. The number of nitrogens with zero attached hydrogens (tertiary/aromatic N) is 4. The highest BCUT2D eigenvalue weighted by Crippen LogP contribution is 2.30. The van der Waals surface area contributed by atoms with Gasteiger partial charge in [0.25, 0.3) is 5.91 Å². The minimum Gasteiger partial charge on any atom is -0.382 e. The zero-order valence-electron chi connectivity index (χ0n) is 19.7. The zero-order valence-corrected chi connectivity index (χ0v) is 19.7.